The number of hydrogen-bond acceptors (Lipinski definition) is 1. The Morgan fingerprint density at radius 3 is 2.43 bits per heavy atom. The van der Waals surface area contributed by atoms with Gasteiger partial charge in [0.1, 0.15) is 0 Å². The van der Waals surface area contributed by atoms with E-state index in [9.17, 15) is 9.90 Å². The van der Waals surface area contributed by atoms with E-state index in [-0.39, 0.29) is 5.54 Å². The molecule has 0 bridgehead atoms. The number of allylic oxidation sites excluding steroid dienone is 1. The van der Waals surface area contributed by atoms with Crippen molar-refractivity contribution in [2.24, 2.45) is 0 Å². The van der Waals surface area contributed by atoms with Crippen molar-refractivity contribution in [3.8, 4) is 0 Å². The maximum absolute atomic E-state index is 11.8. The van der Waals surface area contributed by atoms with Gasteiger partial charge >= 0.3 is 6.09 Å². The van der Waals surface area contributed by atoms with Crippen molar-refractivity contribution in [3.05, 3.63) is 46.0 Å². The number of benzene rings is 1. The molecule has 1 saturated carbocycles. The summed E-state index contributed by atoms with van der Waals surface area (Å²) >= 11 is 12.6. The Kier molecular flexibility index (Phi) is 5.03. The molecule has 1 aliphatic carbocycles. The lowest BCUT2D eigenvalue weighted by Gasteiger charge is -2.40. The van der Waals surface area contributed by atoms with Crippen LogP contribution in [0.1, 0.15) is 44.7 Å². The summed E-state index contributed by atoms with van der Waals surface area (Å²) in [7, 11) is 0. The van der Waals surface area contributed by atoms with Crippen molar-refractivity contribution in [3.63, 3.8) is 0 Å². The monoisotopic (exact) mass is 355 g/mol. The van der Waals surface area contributed by atoms with Crippen molar-refractivity contribution in [1.29, 1.82) is 0 Å². The maximum Gasteiger partial charge on any atom is 0.408 e. The van der Waals surface area contributed by atoms with Crippen LogP contribution in [-0.4, -0.2) is 27.2 Å². The zero-order valence-electron chi connectivity index (χ0n) is 13.8. The second kappa shape index (κ2) is 6.37. The third-order valence-electron chi connectivity index (χ3n) is 4.23. The molecule has 1 aromatic carbocycles. The average Bonchev–Trinajstić information content (AvgIpc) is 3.13. The minimum atomic E-state index is -0.889. The lowest BCUT2D eigenvalue weighted by molar-refractivity contribution is 0.0606. The van der Waals surface area contributed by atoms with Crippen LogP contribution in [0.5, 0.6) is 0 Å². The molecule has 23 heavy (non-hydrogen) atoms. The van der Waals surface area contributed by atoms with Crippen LogP contribution in [0.2, 0.25) is 10.0 Å². The van der Waals surface area contributed by atoms with E-state index in [0.29, 0.717) is 22.9 Å². The number of carboxylic acid groups (broad SMARTS) is 1. The van der Waals surface area contributed by atoms with Gasteiger partial charge in [-0.05, 0) is 63.6 Å². The Morgan fingerprint density at radius 1 is 1.39 bits per heavy atom. The highest BCUT2D eigenvalue weighted by Gasteiger charge is 2.54. The molecule has 0 atom stereocenters. The number of amides is 1. The molecule has 0 saturated heterocycles. The predicted molar refractivity (Wildman–Crippen MR) is 95.6 cm³/mol. The number of carbonyl (C=O) groups is 1. The van der Waals surface area contributed by atoms with Gasteiger partial charge in [0.05, 0.1) is 15.6 Å². The lowest BCUT2D eigenvalue weighted by atomic mass is 9.95. The van der Waals surface area contributed by atoms with Crippen LogP contribution in [0.3, 0.4) is 0 Å². The quantitative estimate of drug-likeness (QED) is 0.700. The average molecular weight is 356 g/mol. The van der Waals surface area contributed by atoms with Crippen molar-refractivity contribution in [2.45, 2.75) is 57.5 Å². The number of rotatable bonds is 5. The second-order valence-corrected chi connectivity index (χ2v) is 8.02. The first-order valence-electron chi connectivity index (χ1n) is 7.72. The lowest BCUT2D eigenvalue weighted by Crippen LogP contribution is -2.53. The van der Waals surface area contributed by atoms with Crippen LogP contribution in [-0.2, 0) is 12.8 Å². The minimum absolute atomic E-state index is 0.385. The largest absolute Gasteiger partial charge is 0.465 e. The molecule has 2 rings (SSSR count). The molecule has 1 N–H and O–H groups in total. The summed E-state index contributed by atoms with van der Waals surface area (Å²) in [5.74, 6) is 0. The van der Waals surface area contributed by atoms with E-state index in [0.717, 1.165) is 24.0 Å². The molecule has 0 spiro atoms. The zero-order valence-corrected chi connectivity index (χ0v) is 15.3. The maximum atomic E-state index is 11.8. The molecule has 0 heterocycles. The van der Waals surface area contributed by atoms with Crippen LogP contribution in [0.4, 0.5) is 4.79 Å². The first-order valence-corrected chi connectivity index (χ1v) is 8.47. The van der Waals surface area contributed by atoms with Crippen molar-refractivity contribution >= 4 is 29.3 Å². The van der Waals surface area contributed by atoms with Gasteiger partial charge in [0.2, 0.25) is 0 Å². The topological polar surface area (TPSA) is 40.5 Å². The molecule has 1 amide bonds. The molecule has 0 unspecified atom stereocenters. The second-order valence-electron chi connectivity index (χ2n) is 7.23. The summed E-state index contributed by atoms with van der Waals surface area (Å²) in [6.07, 6.45) is 3.90. The SMILES string of the molecule is C=CCc1cc(Cl)c(Cl)c(CC2(N(C(=O)O)C(C)(C)C)CC2)c1. The van der Waals surface area contributed by atoms with Gasteiger partial charge in [-0.15, -0.1) is 6.58 Å². The highest BCUT2D eigenvalue weighted by Crippen LogP contribution is 2.49. The van der Waals surface area contributed by atoms with Gasteiger partial charge < -0.3 is 5.11 Å². The zero-order chi connectivity index (χ0) is 17.4. The molecule has 1 aromatic rings. The first-order chi connectivity index (χ1) is 10.6. The normalized spacial score (nSPS) is 16.0. The summed E-state index contributed by atoms with van der Waals surface area (Å²) in [6.45, 7) is 9.51. The molecule has 0 aliphatic heterocycles. The van der Waals surface area contributed by atoms with E-state index in [1.54, 1.807) is 4.90 Å². The van der Waals surface area contributed by atoms with E-state index in [1.165, 1.54) is 0 Å². The van der Waals surface area contributed by atoms with Crippen molar-refractivity contribution in [1.82, 2.24) is 4.90 Å². The highest BCUT2D eigenvalue weighted by atomic mass is 35.5. The fraction of sp³-hybridized carbons (Fsp3) is 0.500. The highest BCUT2D eigenvalue weighted by molar-refractivity contribution is 6.42. The Hall–Kier alpha value is -1.19. The molecular formula is C18H23Cl2NO2. The van der Waals surface area contributed by atoms with Gasteiger partial charge in [-0.2, -0.15) is 0 Å². The van der Waals surface area contributed by atoms with E-state index in [4.69, 9.17) is 23.2 Å². The Balaban J connectivity index is 2.38. The third kappa shape index (κ3) is 3.84. The number of halogens is 2. The molecule has 1 aliphatic rings. The molecule has 126 valence electrons. The fourth-order valence-corrected chi connectivity index (χ4v) is 3.74. The summed E-state index contributed by atoms with van der Waals surface area (Å²) in [5.41, 5.74) is 1.10. The minimum Gasteiger partial charge on any atom is -0.465 e. The fourth-order valence-electron chi connectivity index (χ4n) is 3.30. The van der Waals surface area contributed by atoms with Gasteiger partial charge in [-0.1, -0.05) is 35.3 Å². The molecule has 0 radical (unpaired) electrons. The smallest absolute Gasteiger partial charge is 0.408 e. The Bertz CT molecular complexity index is 631. The van der Waals surface area contributed by atoms with Gasteiger partial charge in [-0.25, -0.2) is 4.79 Å². The number of hydrogen-bond donors (Lipinski definition) is 1. The van der Waals surface area contributed by atoms with E-state index in [1.807, 2.05) is 39.0 Å². The Morgan fingerprint density at radius 2 is 2.00 bits per heavy atom. The van der Waals surface area contributed by atoms with E-state index >= 15 is 0 Å². The van der Waals surface area contributed by atoms with Gasteiger partial charge in [0.15, 0.2) is 0 Å². The Labute approximate surface area is 147 Å². The summed E-state index contributed by atoms with van der Waals surface area (Å²) in [4.78, 5) is 13.4. The van der Waals surface area contributed by atoms with Crippen molar-refractivity contribution < 1.29 is 9.90 Å². The van der Waals surface area contributed by atoms with Crippen LogP contribution < -0.4 is 0 Å². The van der Waals surface area contributed by atoms with Gasteiger partial charge in [-0.3, -0.25) is 4.90 Å². The standard InChI is InChI=1S/C18H23Cl2NO2/c1-5-6-12-9-13(15(20)14(19)10-12)11-18(7-8-18)21(16(22)23)17(2,3)4/h5,9-10H,1,6-8,11H2,2-4H3,(H,22,23). The van der Waals surface area contributed by atoms with Crippen LogP contribution in [0.25, 0.3) is 0 Å². The van der Waals surface area contributed by atoms with Crippen LogP contribution in [0.15, 0.2) is 24.8 Å². The van der Waals surface area contributed by atoms with Crippen LogP contribution in [0, 0.1) is 0 Å². The summed E-state index contributed by atoms with van der Waals surface area (Å²) in [5, 5.41) is 10.7. The van der Waals surface area contributed by atoms with Crippen LogP contribution >= 0.6 is 23.2 Å². The first kappa shape index (κ1) is 18.2. The molecular weight excluding hydrogens is 333 g/mol. The molecule has 1 fully saturated rings. The van der Waals surface area contributed by atoms with Gasteiger partial charge in [0, 0.05) is 5.54 Å². The third-order valence-corrected chi connectivity index (χ3v) is 5.07. The molecule has 0 aromatic heterocycles. The summed E-state index contributed by atoms with van der Waals surface area (Å²) < 4.78 is 0. The molecule has 5 heteroatoms. The molecule has 3 nitrogen and oxygen atoms in total. The predicted octanol–water partition coefficient (Wildman–Crippen LogP) is 5.58. The van der Waals surface area contributed by atoms with E-state index in [2.05, 4.69) is 6.58 Å². The number of nitrogens with zero attached hydrogens (tertiary/aromatic N) is 1. The van der Waals surface area contributed by atoms with Gasteiger partial charge in [0.25, 0.3) is 0 Å². The van der Waals surface area contributed by atoms with Crippen molar-refractivity contribution in [2.75, 3.05) is 0 Å². The van der Waals surface area contributed by atoms with E-state index < -0.39 is 11.6 Å². The summed E-state index contributed by atoms with van der Waals surface area (Å²) in [6, 6.07) is 3.85.